The molecular formula is C30H35F6N5O2. The van der Waals surface area contributed by atoms with Crippen LogP contribution in [0.2, 0.25) is 0 Å². The second-order valence-corrected chi connectivity index (χ2v) is 11.3. The van der Waals surface area contributed by atoms with Crippen molar-refractivity contribution in [1.29, 1.82) is 0 Å². The highest BCUT2D eigenvalue weighted by atomic mass is 19.4. The molecule has 7 nitrogen and oxygen atoms in total. The van der Waals surface area contributed by atoms with Crippen molar-refractivity contribution < 1.29 is 36.3 Å². The largest absolute Gasteiger partial charge is 0.458 e. The van der Waals surface area contributed by atoms with Gasteiger partial charge in [-0.2, -0.15) is 26.3 Å². The molecule has 234 valence electrons. The lowest BCUT2D eigenvalue weighted by Gasteiger charge is -2.42. The second-order valence-electron chi connectivity index (χ2n) is 11.3. The third kappa shape index (κ3) is 7.17. The number of aliphatic imine (C=N–C) groups is 1. The van der Waals surface area contributed by atoms with Gasteiger partial charge in [0.2, 0.25) is 0 Å². The molecular weight excluding hydrogens is 576 g/mol. The molecule has 0 saturated carbocycles. The summed E-state index contributed by atoms with van der Waals surface area (Å²) < 4.78 is 88.7. The van der Waals surface area contributed by atoms with Gasteiger partial charge in [0.25, 0.3) is 0 Å². The molecule has 1 fully saturated rings. The van der Waals surface area contributed by atoms with Crippen LogP contribution in [0.15, 0.2) is 53.5 Å². The van der Waals surface area contributed by atoms with E-state index in [1.165, 1.54) is 0 Å². The second kappa shape index (κ2) is 12.5. The van der Waals surface area contributed by atoms with Crippen molar-refractivity contribution in [3.8, 4) is 0 Å². The molecule has 3 atom stereocenters. The Hall–Kier alpha value is -3.13. The minimum atomic E-state index is -4.99. The van der Waals surface area contributed by atoms with Crippen LogP contribution < -0.4 is 5.32 Å². The van der Waals surface area contributed by atoms with Gasteiger partial charge < -0.3 is 9.64 Å². The van der Waals surface area contributed by atoms with E-state index in [-0.39, 0.29) is 31.3 Å². The van der Waals surface area contributed by atoms with Gasteiger partial charge in [0, 0.05) is 31.7 Å². The molecule has 3 aliphatic rings. The Labute approximate surface area is 246 Å². The van der Waals surface area contributed by atoms with Crippen molar-refractivity contribution in [2.75, 3.05) is 46.4 Å². The van der Waals surface area contributed by atoms with Crippen LogP contribution in [-0.2, 0) is 23.5 Å². The molecule has 0 radical (unpaired) electrons. The normalized spacial score (nSPS) is 24.7. The summed E-state index contributed by atoms with van der Waals surface area (Å²) in [7, 11) is 2.04. The van der Waals surface area contributed by atoms with Crippen LogP contribution in [0.1, 0.15) is 34.2 Å². The van der Waals surface area contributed by atoms with Gasteiger partial charge >= 0.3 is 12.4 Å². The zero-order chi connectivity index (χ0) is 30.9. The van der Waals surface area contributed by atoms with Crippen LogP contribution in [0.4, 0.5) is 26.3 Å². The fourth-order valence-corrected chi connectivity index (χ4v) is 5.88. The lowest BCUT2D eigenvalue weighted by molar-refractivity contribution is -0.143. The van der Waals surface area contributed by atoms with Crippen LogP contribution in [0.3, 0.4) is 0 Å². The van der Waals surface area contributed by atoms with E-state index in [1.807, 2.05) is 32.2 Å². The molecule has 2 N–H and O–H groups in total. The van der Waals surface area contributed by atoms with E-state index in [9.17, 15) is 31.5 Å². The number of fused-ring (bicyclic) bond motifs is 1. The predicted molar refractivity (Wildman–Crippen MR) is 149 cm³/mol. The van der Waals surface area contributed by atoms with Gasteiger partial charge in [-0.05, 0) is 68.8 Å². The van der Waals surface area contributed by atoms with Gasteiger partial charge in [0.1, 0.15) is 0 Å². The number of halogens is 6. The Morgan fingerprint density at radius 2 is 1.67 bits per heavy atom. The van der Waals surface area contributed by atoms with Crippen LogP contribution in [-0.4, -0.2) is 84.7 Å². The Balaban J connectivity index is 1.62. The number of likely N-dealkylation sites (N-methyl/N-ethyl adjacent to an activating group) is 1. The predicted octanol–water partition coefficient (Wildman–Crippen LogP) is 5.25. The van der Waals surface area contributed by atoms with Gasteiger partial charge in [-0.25, -0.2) is 4.99 Å². The Bertz CT molecular complexity index is 1330. The fourth-order valence-electron chi connectivity index (χ4n) is 5.88. The zero-order valence-corrected chi connectivity index (χ0v) is 23.9. The molecule has 0 spiro atoms. The summed E-state index contributed by atoms with van der Waals surface area (Å²) in [6, 6.07) is 7.86. The minimum absolute atomic E-state index is 0.110. The lowest BCUT2D eigenvalue weighted by Crippen LogP contribution is -2.53. The van der Waals surface area contributed by atoms with E-state index in [0.717, 1.165) is 36.7 Å². The van der Waals surface area contributed by atoms with E-state index in [0.29, 0.717) is 35.8 Å². The molecule has 5 rings (SSSR count). The quantitative estimate of drug-likeness (QED) is 0.461. The summed E-state index contributed by atoms with van der Waals surface area (Å²) in [6.45, 7) is 5.48. The molecule has 0 amide bonds. The number of hydrogen-bond acceptors (Lipinski definition) is 7. The van der Waals surface area contributed by atoms with Crippen molar-refractivity contribution in [2.24, 2.45) is 10.9 Å². The summed E-state index contributed by atoms with van der Waals surface area (Å²) in [4.78, 5) is 8.88. The number of benzene rings is 2. The number of nitrogens with one attached hydrogen (secondary N) is 1. The van der Waals surface area contributed by atoms with Crippen molar-refractivity contribution in [3.63, 3.8) is 0 Å². The van der Waals surface area contributed by atoms with Gasteiger partial charge in [-0.15, -0.1) is 0 Å². The van der Waals surface area contributed by atoms with Crippen molar-refractivity contribution >= 4 is 11.6 Å². The Morgan fingerprint density at radius 3 is 2.35 bits per heavy atom. The number of rotatable bonds is 4. The fraction of sp³-hybridized carbons (Fsp3) is 0.500. The first-order valence-corrected chi connectivity index (χ1v) is 14.2. The molecule has 3 heterocycles. The number of ether oxygens (including phenoxy) is 1. The van der Waals surface area contributed by atoms with Gasteiger partial charge in [0.15, 0.2) is 12.1 Å². The van der Waals surface area contributed by atoms with Crippen LogP contribution >= 0.6 is 0 Å². The monoisotopic (exact) mass is 611 g/mol. The van der Waals surface area contributed by atoms with E-state index < -0.39 is 41.7 Å². The third-order valence-corrected chi connectivity index (χ3v) is 8.22. The molecule has 2 aromatic rings. The average molecular weight is 612 g/mol. The molecule has 1 saturated heterocycles. The maximum Gasteiger partial charge on any atom is 0.416 e. The molecule has 0 bridgehead atoms. The zero-order valence-electron chi connectivity index (χ0n) is 23.9. The summed E-state index contributed by atoms with van der Waals surface area (Å²) in [5.41, 5.74) is -1.16. The van der Waals surface area contributed by atoms with E-state index in [2.05, 4.69) is 20.1 Å². The number of alkyl halides is 6. The highest BCUT2D eigenvalue weighted by molar-refractivity contribution is 5.82. The van der Waals surface area contributed by atoms with Gasteiger partial charge in [-0.3, -0.25) is 20.5 Å². The molecule has 0 aromatic heterocycles. The Kier molecular flexibility index (Phi) is 9.07. The maximum absolute atomic E-state index is 13.7. The summed E-state index contributed by atoms with van der Waals surface area (Å²) >= 11 is 0. The number of aryl methyl sites for hydroxylation is 1. The molecule has 3 unspecified atom stereocenters. The minimum Gasteiger partial charge on any atom is -0.458 e. The summed E-state index contributed by atoms with van der Waals surface area (Å²) in [6.07, 6.45) is -8.25. The highest BCUT2D eigenvalue weighted by Gasteiger charge is 2.41. The lowest BCUT2D eigenvalue weighted by atomic mass is 9.89. The van der Waals surface area contributed by atoms with Crippen LogP contribution in [0, 0.1) is 12.8 Å². The molecule has 43 heavy (non-hydrogen) atoms. The van der Waals surface area contributed by atoms with Crippen molar-refractivity contribution in [3.05, 3.63) is 76.4 Å². The van der Waals surface area contributed by atoms with E-state index >= 15 is 0 Å². The number of hydrogen-bond donors (Lipinski definition) is 2. The highest BCUT2D eigenvalue weighted by Crippen LogP contribution is 2.38. The molecule has 0 aliphatic carbocycles. The third-order valence-electron chi connectivity index (χ3n) is 8.22. The maximum atomic E-state index is 13.7. The number of hydroxylamine groups is 2. The summed E-state index contributed by atoms with van der Waals surface area (Å²) in [5, 5.41) is 16.0. The summed E-state index contributed by atoms with van der Waals surface area (Å²) in [5.74, 6) is -0.374. The van der Waals surface area contributed by atoms with E-state index in [4.69, 9.17) is 4.74 Å². The molecule has 13 heteroatoms. The van der Waals surface area contributed by atoms with E-state index in [1.54, 1.807) is 12.1 Å². The van der Waals surface area contributed by atoms with Crippen molar-refractivity contribution in [2.45, 2.75) is 44.4 Å². The SMILES string of the molecule is Cc1ccccc1C1=CC(N2CCCN(C)CC2)OC2=NCNCC2C(Cc2cc(C(F)(F)F)cc(C(F)(F)F)c2)N1O. The van der Waals surface area contributed by atoms with Gasteiger partial charge in [-0.1, -0.05) is 24.3 Å². The molecule has 2 aromatic carbocycles. The topological polar surface area (TPSA) is 63.6 Å². The molecule has 3 aliphatic heterocycles. The van der Waals surface area contributed by atoms with Crippen molar-refractivity contribution in [1.82, 2.24) is 20.2 Å². The average Bonchev–Trinajstić information content (AvgIpc) is 3.17. The standard InChI is InChI=1S/C30H35F6N5O2/c1-19-6-3-4-7-23(19)26-16-27(40-9-5-8-39(2)10-11-40)43-28-24(17-37-18-38-28)25(41(26)42)14-20-12-21(29(31,32)33)15-22(13-20)30(34,35)36/h3-4,6-7,12-13,15-16,24-25,27,37,42H,5,8-11,14,17-18H2,1-2H3. The first kappa shape index (κ1) is 31.3. The number of nitrogens with zero attached hydrogens (tertiary/aromatic N) is 4. The van der Waals surface area contributed by atoms with Crippen LogP contribution in [0.25, 0.3) is 5.70 Å². The van der Waals surface area contributed by atoms with Gasteiger partial charge in [0.05, 0.1) is 35.5 Å². The Morgan fingerprint density at radius 1 is 0.977 bits per heavy atom. The van der Waals surface area contributed by atoms with Crippen LogP contribution in [0.5, 0.6) is 0 Å². The smallest absolute Gasteiger partial charge is 0.416 e. The first-order valence-electron chi connectivity index (χ1n) is 14.2. The first-order chi connectivity index (χ1) is 20.3.